The number of likely N-dealkylation sites (tertiary alicyclic amines) is 1. The molecule has 0 spiro atoms. The predicted molar refractivity (Wildman–Crippen MR) is 123 cm³/mol. The van der Waals surface area contributed by atoms with Crippen molar-refractivity contribution in [3.63, 3.8) is 0 Å². The van der Waals surface area contributed by atoms with Crippen LogP contribution in [-0.2, 0) is 17.6 Å². The standard InChI is InChI=1S/C25H24FN3O2S/c26-20-7-5-17(6-8-20)15-23(30)28-12-9-19(10-13-28)24-27-21(16-32-24)25(31)29-14-11-18-3-1-2-4-22(18)29/h1-8,16,19H,9-15H2. The van der Waals surface area contributed by atoms with Gasteiger partial charge in [0.15, 0.2) is 0 Å². The third-order valence-corrected chi connectivity index (χ3v) is 7.35. The zero-order valence-corrected chi connectivity index (χ0v) is 18.5. The van der Waals surface area contributed by atoms with E-state index in [0.29, 0.717) is 25.3 Å². The van der Waals surface area contributed by atoms with Gasteiger partial charge in [-0.25, -0.2) is 9.37 Å². The summed E-state index contributed by atoms with van der Waals surface area (Å²) < 4.78 is 13.1. The van der Waals surface area contributed by atoms with Crippen LogP contribution in [0, 0.1) is 5.82 Å². The molecule has 0 N–H and O–H groups in total. The Labute approximate surface area is 190 Å². The summed E-state index contributed by atoms with van der Waals surface area (Å²) in [5.41, 5.74) is 3.52. The number of aromatic nitrogens is 1. The number of thiazole rings is 1. The molecule has 2 aromatic carbocycles. The second kappa shape index (κ2) is 8.82. The molecule has 0 atom stereocenters. The maximum absolute atomic E-state index is 13.1. The summed E-state index contributed by atoms with van der Waals surface area (Å²) in [6.45, 7) is 2.04. The van der Waals surface area contributed by atoms with Gasteiger partial charge >= 0.3 is 0 Å². The van der Waals surface area contributed by atoms with Crippen molar-refractivity contribution in [3.05, 3.63) is 81.6 Å². The zero-order chi connectivity index (χ0) is 22.1. The van der Waals surface area contributed by atoms with Crippen molar-refractivity contribution >= 4 is 28.8 Å². The number of piperidine rings is 1. The van der Waals surface area contributed by atoms with Crippen LogP contribution < -0.4 is 4.90 Å². The second-order valence-electron chi connectivity index (χ2n) is 8.36. The van der Waals surface area contributed by atoms with Crippen LogP contribution in [0.15, 0.2) is 53.9 Å². The normalized spacial score (nSPS) is 16.3. The molecule has 164 valence electrons. The lowest BCUT2D eigenvalue weighted by atomic mass is 9.97. The van der Waals surface area contributed by atoms with Crippen molar-refractivity contribution in [1.82, 2.24) is 9.88 Å². The predicted octanol–water partition coefficient (Wildman–Crippen LogP) is 4.43. The molecule has 2 aliphatic rings. The number of nitrogens with zero attached hydrogens (tertiary/aromatic N) is 3. The smallest absolute Gasteiger partial charge is 0.277 e. The highest BCUT2D eigenvalue weighted by molar-refractivity contribution is 7.10. The van der Waals surface area contributed by atoms with Gasteiger partial charge in [-0.15, -0.1) is 11.3 Å². The molecule has 0 radical (unpaired) electrons. The minimum Gasteiger partial charge on any atom is -0.342 e. The fraction of sp³-hybridized carbons (Fsp3) is 0.320. The van der Waals surface area contributed by atoms with E-state index in [2.05, 4.69) is 11.1 Å². The molecule has 2 amide bonds. The van der Waals surface area contributed by atoms with E-state index in [4.69, 9.17) is 0 Å². The topological polar surface area (TPSA) is 53.5 Å². The number of halogens is 1. The Bertz CT molecular complexity index is 1140. The molecular formula is C25H24FN3O2S. The largest absolute Gasteiger partial charge is 0.342 e. The number of anilines is 1. The van der Waals surface area contributed by atoms with Crippen LogP contribution in [-0.4, -0.2) is 41.3 Å². The third-order valence-electron chi connectivity index (χ3n) is 6.34. The van der Waals surface area contributed by atoms with Crippen molar-refractivity contribution in [2.75, 3.05) is 24.5 Å². The van der Waals surface area contributed by atoms with E-state index in [1.54, 1.807) is 23.5 Å². The van der Waals surface area contributed by atoms with Gasteiger partial charge in [-0.2, -0.15) is 0 Å². The van der Waals surface area contributed by atoms with Gasteiger partial charge in [0.1, 0.15) is 11.5 Å². The Morgan fingerprint density at radius 3 is 2.56 bits per heavy atom. The first-order valence-corrected chi connectivity index (χ1v) is 11.8. The molecule has 5 nitrogen and oxygen atoms in total. The molecule has 1 fully saturated rings. The maximum atomic E-state index is 13.1. The molecule has 1 saturated heterocycles. The van der Waals surface area contributed by atoms with E-state index < -0.39 is 0 Å². The third kappa shape index (κ3) is 4.17. The summed E-state index contributed by atoms with van der Waals surface area (Å²) in [5.74, 6) is 0.00154. The van der Waals surface area contributed by atoms with Crippen LogP contribution >= 0.6 is 11.3 Å². The number of hydrogen-bond donors (Lipinski definition) is 0. The van der Waals surface area contributed by atoms with Gasteiger partial charge in [0.25, 0.3) is 5.91 Å². The van der Waals surface area contributed by atoms with E-state index in [1.165, 1.54) is 17.7 Å². The fourth-order valence-corrected chi connectivity index (χ4v) is 5.49. The number of benzene rings is 2. The number of para-hydroxylation sites is 1. The van der Waals surface area contributed by atoms with E-state index in [9.17, 15) is 14.0 Å². The SMILES string of the molecule is O=C(Cc1ccc(F)cc1)N1CCC(c2nc(C(=O)N3CCc4ccccc43)cs2)CC1. The molecule has 0 saturated carbocycles. The number of carbonyl (C=O) groups is 2. The van der Waals surface area contributed by atoms with Crippen molar-refractivity contribution in [2.45, 2.75) is 31.6 Å². The van der Waals surface area contributed by atoms with Crippen LogP contribution in [0.4, 0.5) is 10.1 Å². The summed E-state index contributed by atoms with van der Waals surface area (Å²) in [6.07, 6.45) is 2.84. The fourth-order valence-electron chi connectivity index (χ4n) is 4.53. The molecule has 32 heavy (non-hydrogen) atoms. The van der Waals surface area contributed by atoms with Gasteiger partial charge in [0.05, 0.1) is 11.4 Å². The maximum Gasteiger partial charge on any atom is 0.277 e. The Morgan fingerprint density at radius 1 is 1.03 bits per heavy atom. The van der Waals surface area contributed by atoms with Gasteiger partial charge in [-0.3, -0.25) is 9.59 Å². The highest BCUT2D eigenvalue weighted by Crippen LogP contribution is 2.33. The Hall–Kier alpha value is -3.06. The highest BCUT2D eigenvalue weighted by Gasteiger charge is 2.29. The van der Waals surface area contributed by atoms with Gasteiger partial charge in [0, 0.05) is 36.6 Å². The van der Waals surface area contributed by atoms with Crippen LogP contribution in [0.2, 0.25) is 0 Å². The Morgan fingerprint density at radius 2 is 1.78 bits per heavy atom. The van der Waals surface area contributed by atoms with Crippen molar-refractivity contribution in [2.24, 2.45) is 0 Å². The second-order valence-corrected chi connectivity index (χ2v) is 9.25. The molecule has 7 heteroatoms. The van der Waals surface area contributed by atoms with E-state index in [-0.39, 0.29) is 30.0 Å². The minimum atomic E-state index is -0.294. The van der Waals surface area contributed by atoms with Gasteiger partial charge < -0.3 is 9.80 Å². The lowest BCUT2D eigenvalue weighted by Gasteiger charge is -2.31. The van der Waals surface area contributed by atoms with Gasteiger partial charge in [0.2, 0.25) is 5.91 Å². The Kier molecular flexibility index (Phi) is 5.74. The van der Waals surface area contributed by atoms with Crippen molar-refractivity contribution < 1.29 is 14.0 Å². The monoisotopic (exact) mass is 449 g/mol. The minimum absolute atomic E-state index is 0.0376. The van der Waals surface area contributed by atoms with Crippen LogP contribution in [0.1, 0.15) is 45.4 Å². The Balaban J connectivity index is 1.19. The molecule has 5 rings (SSSR count). The van der Waals surface area contributed by atoms with Crippen molar-refractivity contribution in [1.29, 1.82) is 0 Å². The first-order chi connectivity index (χ1) is 15.6. The first kappa shape index (κ1) is 20.8. The van der Waals surface area contributed by atoms with Gasteiger partial charge in [-0.05, 0) is 48.6 Å². The van der Waals surface area contributed by atoms with E-state index in [0.717, 1.165) is 35.5 Å². The number of rotatable bonds is 4. The molecule has 1 aromatic heterocycles. The molecule has 2 aliphatic heterocycles. The quantitative estimate of drug-likeness (QED) is 0.592. The number of fused-ring (bicyclic) bond motifs is 1. The summed E-state index contributed by atoms with van der Waals surface area (Å²) in [6, 6.07) is 14.1. The zero-order valence-electron chi connectivity index (χ0n) is 17.7. The first-order valence-electron chi connectivity index (χ1n) is 11.0. The lowest BCUT2D eigenvalue weighted by molar-refractivity contribution is -0.131. The van der Waals surface area contributed by atoms with E-state index in [1.807, 2.05) is 33.4 Å². The number of hydrogen-bond acceptors (Lipinski definition) is 4. The van der Waals surface area contributed by atoms with Crippen LogP contribution in [0.5, 0.6) is 0 Å². The van der Waals surface area contributed by atoms with Crippen molar-refractivity contribution in [3.8, 4) is 0 Å². The summed E-state index contributed by atoms with van der Waals surface area (Å²) in [7, 11) is 0. The molecular weight excluding hydrogens is 425 g/mol. The molecule has 3 aromatic rings. The summed E-state index contributed by atoms with van der Waals surface area (Å²) >= 11 is 1.54. The summed E-state index contributed by atoms with van der Waals surface area (Å²) in [4.78, 5) is 34.0. The van der Waals surface area contributed by atoms with Crippen LogP contribution in [0.25, 0.3) is 0 Å². The molecule has 0 bridgehead atoms. The number of amides is 2. The highest BCUT2D eigenvalue weighted by atomic mass is 32.1. The van der Waals surface area contributed by atoms with Crippen LogP contribution in [0.3, 0.4) is 0 Å². The molecule has 0 unspecified atom stereocenters. The molecule has 3 heterocycles. The average molecular weight is 450 g/mol. The van der Waals surface area contributed by atoms with Gasteiger partial charge in [-0.1, -0.05) is 30.3 Å². The summed E-state index contributed by atoms with van der Waals surface area (Å²) in [5, 5.41) is 2.84. The molecule has 0 aliphatic carbocycles. The average Bonchev–Trinajstić information content (AvgIpc) is 3.48. The number of carbonyl (C=O) groups excluding carboxylic acids is 2. The van der Waals surface area contributed by atoms with E-state index >= 15 is 0 Å². The lowest BCUT2D eigenvalue weighted by Crippen LogP contribution is -2.38.